The second-order valence-corrected chi connectivity index (χ2v) is 8.76. The Hall–Kier alpha value is -3.11. The second kappa shape index (κ2) is 11.1. The van der Waals surface area contributed by atoms with E-state index in [0.29, 0.717) is 25.3 Å². The van der Waals surface area contributed by atoms with Gasteiger partial charge in [-0.05, 0) is 48.4 Å². The lowest BCUT2D eigenvalue weighted by Crippen LogP contribution is -2.27. The van der Waals surface area contributed by atoms with Gasteiger partial charge in [-0.25, -0.2) is 22.0 Å². The van der Waals surface area contributed by atoms with Crippen molar-refractivity contribution in [3.8, 4) is 16.9 Å². The van der Waals surface area contributed by atoms with Crippen molar-refractivity contribution in [2.75, 3.05) is 13.2 Å². The number of hydrogen-bond donors (Lipinski definition) is 0. The molecule has 3 aromatic rings. The van der Waals surface area contributed by atoms with Crippen molar-refractivity contribution in [2.24, 2.45) is 5.92 Å². The molecule has 0 saturated carbocycles. The Balaban J connectivity index is 1.50. The van der Waals surface area contributed by atoms with E-state index < -0.39 is 52.8 Å². The van der Waals surface area contributed by atoms with E-state index in [2.05, 4.69) is 4.74 Å². The Morgan fingerprint density at radius 2 is 1.49 bits per heavy atom. The molecule has 0 atom stereocenters. The lowest BCUT2D eigenvalue weighted by molar-refractivity contribution is -0.206. The quantitative estimate of drug-likeness (QED) is 0.277. The Morgan fingerprint density at radius 1 is 0.811 bits per heavy atom. The molecule has 3 aromatic carbocycles. The van der Waals surface area contributed by atoms with Gasteiger partial charge in [0.2, 0.25) is 0 Å². The van der Waals surface area contributed by atoms with Gasteiger partial charge in [-0.1, -0.05) is 31.9 Å². The standard InChI is InChI=1S/C27H23F7O3/c1-2-3-4-15-13-35-26(36-14-15)17-10-23(31)25(24(32)11-17)37-27(33,34)18-6-7-19(21(29)12-18)16-5-8-20(28)22(30)9-16/h5-12,15,26H,2-4,13-14H2,1H3. The van der Waals surface area contributed by atoms with Crippen molar-refractivity contribution in [3.05, 3.63) is 88.7 Å². The Kier molecular flexibility index (Phi) is 8.08. The van der Waals surface area contributed by atoms with Gasteiger partial charge in [-0.15, -0.1) is 0 Å². The highest BCUT2D eigenvalue weighted by molar-refractivity contribution is 5.64. The molecule has 0 radical (unpaired) electrons. The monoisotopic (exact) mass is 528 g/mol. The van der Waals surface area contributed by atoms with Gasteiger partial charge in [-0.3, -0.25) is 0 Å². The minimum Gasteiger partial charge on any atom is -0.423 e. The molecule has 37 heavy (non-hydrogen) atoms. The summed E-state index contributed by atoms with van der Waals surface area (Å²) in [6.45, 7) is 2.71. The zero-order chi connectivity index (χ0) is 26.7. The van der Waals surface area contributed by atoms with Crippen LogP contribution in [0, 0.1) is 35.0 Å². The van der Waals surface area contributed by atoms with Crippen LogP contribution in [0.1, 0.15) is 43.6 Å². The number of benzene rings is 3. The largest absolute Gasteiger partial charge is 0.427 e. The lowest BCUT2D eigenvalue weighted by atomic mass is 10.0. The van der Waals surface area contributed by atoms with Gasteiger partial charge < -0.3 is 14.2 Å². The minimum absolute atomic E-state index is 0.0402. The van der Waals surface area contributed by atoms with Crippen molar-refractivity contribution in [2.45, 2.75) is 38.6 Å². The van der Waals surface area contributed by atoms with E-state index in [9.17, 15) is 30.7 Å². The Morgan fingerprint density at radius 3 is 2.08 bits per heavy atom. The number of hydrogen-bond acceptors (Lipinski definition) is 3. The van der Waals surface area contributed by atoms with Gasteiger partial charge in [0.15, 0.2) is 35.3 Å². The molecule has 0 spiro atoms. The van der Waals surface area contributed by atoms with Crippen molar-refractivity contribution < 1.29 is 44.9 Å². The molecule has 1 aliphatic heterocycles. The molecule has 0 aromatic heterocycles. The summed E-state index contributed by atoms with van der Waals surface area (Å²) in [6, 6.07) is 6.13. The third-order valence-electron chi connectivity index (χ3n) is 5.99. The summed E-state index contributed by atoms with van der Waals surface area (Å²) in [7, 11) is 0. The summed E-state index contributed by atoms with van der Waals surface area (Å²) in [6.07, 6.45) is -2.51. The predicted molar refractivity (Wildman–Crippen MR) is 120 cm³/mol. The zero-order valence-electron chi connectivity index (χ0n) is 19.7. The number of ether oxygens (including phenoxy) is 3. The van der Waals surface area contributed by atoms with Crippen LogP contribution in [0.5, 0.6) is 5.75 Å². The third-order valence-corrected chi connectivity index (χ3v) is 5.99. The first kappa shape index (κ1) is 26.9. The molecule has 10 heteroatoms. The summed E-state index contributed by atoms with van der Waals surface area (Å²) in [4.78, 5) is 0. The minimum atomic E-state index is -4.33. The van der Waals surface area contributed by atoms with Crippen LogP contribution < -0.4 is 4.74 Å². The van der Waals surface area contributed by atoms with E-state index in [4.69, 9.17) is 9.47 Å². The summed E-state index contributed by atoms with van der Waals surface area (Å²) >= 11 is 0. The van der Waals surface area contributed by atoms with Gasteiger partial charge in [0, 0.05) is 17.0 Å². The van der Waals surface area contributed by atoms with Crippen LogP contribution >= 0.6 is 0 Å². The average Bonchev–Trinajstić information content (AvgIpc) is 2.87. The van der Waals surface area contributed by atoms with Crippen LogP contribution in [0.2, 0.25) is 0 Å². The first-order chi connectivity index (χ1) is 17.6. The van der Waals surface area contributed by atoms with Crippen molar-refractivity contribution >= 4 is 0 Å². The third kappa shape index (κ3) is 6.07. The molecule has 1 heterocycles. The van der Waals surface area contributed by atoms with Crippen molar-refractivity contribution in [3.63, 3.8) is 0 Å². The normalized spacial score (nSPS) is 18.2. The van der Waals surface area contributed by atoms with Crippen LogP contribution in [0.15, 0.2) is 48.5 Å². The molecule has 4 rings (SSSR count). The summed E-state index contributed by atoms with van der Waals surface area (Å²) in [5, 5.41) is 0. The molecule has 0 unspecified atom stereocenters. The molecule has 1 saturated heterocycles. The fourth-order valence-electron chi connectivity index (χ4n) is 3.99. The second-order valence-electron chi connectivity index (χ2n) is 8.76. The smallest absolute Gasteiger partial charge is 0.423 e. The van der Waals surface area contributed by atoms with Gasteiger partial charge >= 0.3 is 6.11 Å². The topological polar surface area (TPSA) is 27.7 Å². The molecular formula is C27H23F7O3. The van der Waals surface area contributed by atoms with Crippen molar-refractivity contribution in [1.29, 1.82) is 0 Å². The first-order valence-electron chi connectivity index (χ1n) is 11.6. The molecule has 0 bridgehead atoms. The number of rotatable bonds is 8. The number of halogens is 7. The molecule has 1 aliphatic rings. The van der Waals surface area contributed by atoms with Gasteiger partial charge in [-0.2, -0.15) is 8.78 Å². The van der Waals surface area contributed by atoms with E-state index in [1.54, 1.807) is 0 Å². The lowest BCUT2D eigenvalue weighted by Gasteiger charge is -2.30. The maximum atomic E-state index is 14.8. The molecule has 0 aliphatic carbocycles. The average molecular weight is 528 g/mol. The molecule has 3 nitrogen and oxygen atoms in total. The molecular weight excluding hydrogens is 505 g/mol. The molecule has 0 N–H and O–H groups in total. The van der Waals surface area contributed by atoms with Crippen LogP contribution in [0.4, 0.5) is 30.7 Å². The van der Waals surface area contributed by atoms with Crippen LogP contribution in [-0.2, 0) is 15.6 Å². The maximum absolute atomic E-state index is 14.8. The van der Waals surface area contributed by atoms with E-state index in [-0.39, 0.29) is 22.6 Å². The van der Waals surface area contributed by atoms with Gasteiger partial charge in [0.25, 0.3) is 0 Å². The summed E-state index contributed by atoms with van der Waals surface area (Å²) in [5.41, 5.74) is -1.47. The van der Waals surface area contributed by atoms with E-state index in [1.165, 1.54) is 0 Å². The molecule has 1 fully saturated rings. The highest BCUT2D eigenvalue weighted by Crippen LogP contribution is 2.38. The summed E-state index contributed by atoms with van der Waals surface area (Å²) < 4.78 is 115. The highest BCUT2D eigenvalue weighted by atomic mass is 19.3. The van der Waals surface area contributed by atoms with Crippen molar-refractivity contribution in [1.82, 2.24) is 0 Å². The molecule has 198 valence electrons. The van der Waals surface area contributed by atoms with Crippen LogP contribution in [0.3, 0.4) is 0 Å². The SMILES string of the molecule is CCCCC1COC(c2cc(F)c(OC(F)(F)c3ccc(-c4ccc(F)c(F)c4)c(F)c3)c(F)c2)OC1. The molecule has 0 amide bonds. The van der Waals surface area contributed by atoms with Crippen LogP contribution in [0.25, 0.3) is 11.1 Å². The van der Waals surface area contributed by atoms with Gasteiger partial charge in [0.05, 0.1) is 18.8 Å². The van der Waals surface area contributed by atoms with Gasteiger partial charge in [0.1, 0.15) is 5.82 Å². The fourth-order valence-corrected chi connectivity index (χ4v) is 3.99. The van der Waals surface area contributed by atoms with Crippen LogP contribution in [-0.4, -0.2) is 13.2 Å². The first-order valence-corrected chi connectivity index (χ1v) is 11.6. The summed E-state index contributed by atoms with van der Waals surface area (Å²) in [5.74, 6) is -7.66. The van der Waals surface area contributed by atoms with E-state index >= 15 is 0 Å². The number of alkyl halides is 2. The number of unbranched alkanes of at least 4 members (excludes halogenated alkanes) is 1. The van der Waals surface area contributed by atoms with E-state index in [1.807, 2.05) is 6.92 Å². The maximum Gasteiger partial charge on any atom is 0.427 e. The zero-order valence-corrected chi connectivity index (χ0v) is 19.7. The Bertz CT molecular complexity index is 1230. The predicted octanol–water partition coefficient (Wildman–Crippen LogP) is 8.03. The highest BCUT2D eigenvalue weighted by Gasteiger charge is 2.38. The Labute approximate surface area is 208 Å². The van der Waals surface area contributed by atoms with E-state index in [0.717, 1.165) is 55.7 Å². The fraction of sp³-hybridized carbons (Fsp3) is 0.333.